The lowest BCUT2D eigenvalue weighted by Gasteiger charge is -2.07. The van der Waals surface area contributed by atoms with Gasteiger partial charge in [-0.1, -0.05) is 11.6 Å². The Kier molecular flexibility index (Phi) is 6.74. The highest BCUT2D eigenvalue weighted by Gasteiger charge is 2.03. The van der Waals surface area contributed by atoms with E-state index >= 15 is 0 Å². The molecule has 6 heteroatoms. The molecule has 1 aromatic carbocycles. The molecule has 2 N–H and O–H groups in total. The Balaban J connectivity index is 2.18. The summed E-state index contributed by atoms with van der Waals surface area (Å²) in [7, 11) is 0. The van der Waals surface area contributed by atoms with Gasteiger partial charge in [-0.15, -0.1) is 0 Å². The zero-order valence-electron chi connectivity index (χ0n) is 10.7. The van der Waals surface area contributed by atoms with Crippen molar-refractivity contribution >= 4 is 29.3 Å². The van der Waals surface area contributed by atoms with Gasteiger partial charge in [-0.3, -0.25) is 4.79 Å². The van der Waals surface area contributed by atoms with Gasteiger partial charge in [-0.2, -0.15) is 0 Å². The van der Waals surface area contributed by atoms with Gasteiger partial charge in [0.15, 0.2) is 0 Å². The Morgan fingerprint density at radius 3 is 2.58 bits per heavy atom. The number of benzene rings is 1. The zero-order valence-corrected chi connectivity index (χ0v) is 11.5. The van der Waals surface area contributed by atoms with E-state index in [1.807, 2.05) is 0 Å². The van der Waals surface area contributed by atoms with Gasteiger partial charge in [0.2, 0.25) is 0 Å². The first-order chi connectivity index (χ1) is 9.11. The second kappa shape index (κ2) is 8.37. The molecule has 0 radical (unpaired) electrons. The van der Waals surface area contributed by atoms with Crippen molar-refractivity contribution in [2.24, 2.45) is 0 Å². The summed E-state index contributed by atoms with van der Waals surface area (Å²) in [4.78, 5) is 22.5. The third-order valence-corrected chi connectivity index (χ3v) is 2.50. The van der Waals surface area contributed by atoms with Crippen molar-refractivity contribution in [3.8, 4) is 0 Å². The molecular weight excluding hydrogens is 268 g/mol. The molecule has 0 atom stereocenters. The number of halogens is 1. The molecule has 0 saturated heterocycles. The second-order valence-corrected chi connectivity index (χ2v) is 4.23. The SMILES string of the molecule is CCOC(=O)CCCNC(=O)Nc1ccc(Cl)cc1. The molecule has 0 unspecified atom stereocenters. The fraction of sp³-hybridized carbons (Fsp3) is 0.385. The lowest BCUT2D eigenvalue weighted by atomic mass is 10.3. The number of urea groups is 1. The van der Waals surface area contributed by atoms with Crippen LogP contribution in [0.1, 0.15) is 19.8 Å². The van der Waals surface area contributed by atoms with Gasteiger partial charge < -0.3 is 15.4 Å². The van der Waals surface area contributed by atoms with Gasteiger partial charge in [0.05, 0.1) is 6.61 Å². The first-order valence-electron chi connectivity index (χ1n) is 6.08. The van der Waals surface area contributed by atoms with Crippen LogP contribution in [0.15, 0.2) is 24.3 Å². The molecule has 0 fully saturated rings. The molecule has 0 saturated carbocycles. The number of hydrogen-bond acceptors (Lipinski definition) is 3. The summed E-state index contributed by atoms with van der Waals surface area (Å²) in [5.41, 5.74) is 0.660. The molecule has 2 amide bonds. The third-order valence-electron chi connectivity index (χ3n) is 2.25. The Bertz CT molecular complexity index is 420. The van der Waals surface area contributed by atoms with Crippen LogP contribution in [0.5, 0.6) is 0 Å². The third kappa shape index (κ3) is 6.67. The smallest absolute Gasteiger partial charge is 0.319 e. The molecule has 0 aliphatic carbocycles. The van der Waals surface area contributed by atoms with E-state index in [1.54, 1.807) is 31.2 Å². The predicted octanol–water partition coefficient (Wildman–Crippen LogP) is 2.80. The predicted molar refractivity (Wildman–Crippen MR) is 74.3 cm³/mol. The molecular formula is C13H17ClN2O3. The Labute approximate surface area is 117 Å². The van der Waals surface area contributed by atoms with Gasteiger partial charge in [0.1, 0.15) is 0 Å². The first kappa shape index (κ1) is 15.3. The van der Waals surface area contributed by atoms with Crippen molar-refractivity contribution in [2.45, 2.75) is 19.8 Å². The topological polar surface area (TPSA) is 67.4 Å². The summed E-state index contributed by atoms with van der Waals surface area (Å²) in [5, 5.41) is 5.92. The highest BCUT2D eigenvalue weighted by molar-refractivity contribution is 6.30. The van der Waals surface area contributed by atoms with E-state index in [0.717, 1.165) is 0 Å². The summed E-state index contributed by atoms with van der Waals surface area (Å²) in [5.74, 6) is -0.248. The maximum Gasteiger partial charge on any atom is 0.319 e. The number of hydrogen-bond donors (Lipinski definition) is 2. The number of rotatable bonds is 6. The minimum atomic E-state index is -0.314. The lowest BCUT2D eigenvalue weighted by molar-refractivity contribution is -0.143. The van der Waals surface area contributed by atoms with Gasteiger partial charge >= 0.3 is 12.0 Å². The maximum atomic E-state index is 11.5. The number of ether oxygens (including phenoxy) is 1. The van der Waals surface area contributed by atoms with Crippen LogP contribution in [0.3, 0.4) is 0 Å². The number of nitrogens with one attached hydrogen (secondary N) is 2. The van der Waals surface area contributed by atoms with E-state index in [9.17, 15) is 9.59 Å². The number of anilines is 1. The minimum Gasteiger partial charge on any atom is -0.466 e. The number of carbonyl (C=O) groups is 2. The van der Waals surface area contributed by atoms with Crippen LogP contribution < -0.4 is 10.6 Å². The van der Waals surface area contributed by atoms with Crippen LogP contribution in [-0.4, -0.2) is 25.2 Å². The highest BCUT2D eigenvalue weighted by atomic mass is 35.5. The van der Waals surface area contributed by atoms with Crippen molar-refractivity contribution in [3.05, 3.63) is 29.3 Å². The molecule has 104 valence electrons. The van der Waals surface area contributed by atoms with Crippen molar-refractivity contribution in [1.29, 1.82) is 0 Å². The molecule has 0 aliphatic heterocycles. The van der Waals surface area contributed by atoms with Crippen molar-refractivity contribution < 1.29 is 14.3 Å². The summed E-state index contributed by atoms with van der Waals surface area (Å²) in [6, 6.07) is 6.49. The quantitative estimate of drug-likeness (QED) is 0.623. The van der Waals surface area contributed by atoms with E-state index in [-0.39, 0.29) is 12.0 Å². The van der Waals surface area contributed by atoms with Crippen LogP contribution in [0.4, 0.5) is 10.5 Å². The monoisotopic (exact) mass is 284 g/mol. The fourth-order valence-electron chi connectivity index (χ4n) is 1.38. The van der Waals surface area contributed by atoms with Crippen LogP contribution >= 0.6 is 11.6 Å². The first-order valence-corrected chi connectivity index (χ1v) is 6.45. The van der Waals surface area contributed by atoms with Crippen molar-refractivity contribution in [1.82, 2.24) is 5.32 Å². The molecule has 1 aromatic rings. The number of carbonyl (C=O) groups excluding carboxylic acids is 2. The van der Waals surface area contributed by atoms with Crippen molar-refractivity contribution in [2.75, 3.05) is 18.5 Å². The van der Waals surface area contributed by atoms with E-state index in [0.29, 0.717) is 36.7 Å². The summed E-state index contributed by atoms with van der Waals surface area (Å²) in [6.07, 6.45) is 0.849. The summed E-state index contributed by atoms with van der Waals surface area (Å²) in [6.45, 7) is 2.55. The van der Waals surface area contributed by atoms with Crippen LogP contribution in [0.25, 0.3) is 0 Å². The van der Waals surface area contributed by atoms with Crippen molar-refractivity contribution in [3.63, 3.8) is 0 Å². The van der Waals surface area contributed by atoms with Crippen LogP contribution in [0, 0.1) is 0 Å². The van der Waals surface area contributed by atoms with Crippen LogP contribution in [-0.2, 0) is 9.53 Å². The average Bonchev–Trinajstić information content (AvgIpc) is 2.38. The Hall–Kier alpha value is -1.75. The van der Waals surface area contributed by atoms with E-state index in [4.69, 9.17) is 16.3 Å². The minimum absolute atomic E-state index is 0.248. The molecule has 1 rings (SSSR count). The number of esters is 1. The molecule has 0 aliphatic rings. The molecule has 19 heavy (non-hydrogen) atoms. The Morgan fingerprint density at radius 2 is 1.95 bits per heavy atom. The van der Waals surface area contributed by atoms with Gasteiger partial charge in [0, 0.05) is 23.7 Å². The van der Waals surface area contributed by atoms with Gasteiger partial charge in [-0.05, 0) is 37.6 Å². The number of amides is 2. The lowest BCUT2D eigenvalue weighted by Crippen LogP contribution is -2.29. The largest absolute Gasteiger partial charge is 0.466 e. The summed E-state index contributed by atoms with van der Waals surface area (Å²) >= 11 is 5.73. The standard InChI is InChI=1S/C13H17ClN2O3/c1-2-19-12(17)4-3-9-15-13(18)16-11-7-5-10(14)6-8-11/h5-8H,2-4,9H2,1H3,(H2,15,16,18). The normalized spacial score (nSPS) is 9.79. The molecule has 0 aromatic heterocycles. The Morgan fingerprint density at radius 1 is 1.26 bits per heavy atom. The van der Waals surface area contributed by atoms with Gasteiger partial charge in [-0.25, -0.2) is 4.79 Å². The molecule has 0 bridgehead atoms. The second-order valence-electron chi connectivity index (χ2n) is 3.80. The van der Waals surface area contributed by atoms with Crippen LogP contribution in [0.2, 0.25) is 5.02 Å². The highest BCUT2D eigenvalue weighted by Crippen LogP contribution is 2.12. The molecule has 5 nitrogen and oxygen atoms in total. The average molecular weight is 285 g/mol. The van der Waals surface area contributed by atoms with E-state index in [1.165, 1.54) is 0 Å². The molecule has 0 heterocycles. The molecule has 0 spiro atoms. The van der Waals surface area contributed by atoms with Gasteiger partial charge in [0.25, 0.3) is 0 Å². The fourth-order valence-corrected chi connectivity index (χ4v) is 1.50. The summed E-state index contributed by atoms with van der Waals surface area (Å²) < 4.78 is 4.78. The zero-order chi connectivity index (χ0) is 14.1. The van der Waals surface area contributed by atoms with E-state index < -0.39 is 0 Å². The maximum absolute atomic E-state index is 11.5. The van der Waals surface area contributed by atoms with E-state index in [2.05, 4.69) is 10.6 Å².